The lowest BCUT2D eigenvalue weighted by molar-refractivity contribution is 0.0909. The number of hydrogen-bond donors (Lipinski definition) is 2. The number of nitrogens with zero attached hydrogens (tertiary/aromatic N) is 3. The molecule has 1 aromatic heterocycles. The summed E-state index contributed by atoms with van der Waals surface area (Å²) in [5, 5.41) is 7.27. The molecule has 6 nitrogen and oxygen atoms in total. The van der Waals surface area contributed by atoms with Crippen molar-refractivity contribution in [3.05, 3.63) is 82.5 Å². The van der Waals surface area contributed by atoms with Gasteiger partial charge in [-0.1, -0.05) is 47.5 Å². The van der Waals surface area contributed by atoms with Crippen LogP contribution < -0.4 is 15.5 Å². The molecule has 2 aromatic carbocycles. The molecule has 5 rings (SSSR count). The maximum Gasteiger partial charge on any atom is 0.251 e. The fourth-order valence-electron chi connectivity index (χ4n) is 4.97. The number of amides is 1. The smallest absolute Gasteiger partial charge is 0.251 e. The molecule has 2 saturated heterocycles. The molecule has 2 N–H and O–H groups in total. The van der Waals surface area contributed by atoms with E-state index in [-0.39, 0.29) is 11.9 Å². The molecule has 2 aliphatic rings. The van der Waals surface area contributed by atoms with Crippen LogP contribution in [0, 0.1) is 6.92 Å². The Morgan fingerprint density at radius 3 is 2.47 bits per heavy atom. The summed E-state index contributed by atoms with van der Waals surface area (Å²) >= 11 is 6.45. The summed E-state index contributed by atoms with van der Waals surface area (Å²) in [5.41, 5.74) is 4.98. The third-order valence-corrected chi connectivity index (χ3v) is 7.50. The first kappa shape index (κ1) is 24.8. The van der Waals surface area contributed by atoms with E-state index in [1.165, 1.54) is 11.1 Å². The summed E-state index contributed by atoms with van der Waals surface area (Å²) in [7, 11) is 0. The molecule has 0 saturated carbocycles. The van der Waals surface area contributed by atoms with Gasteiger partial charge >= 0.3 is 0 Å². The van der Waals surface area contributed by atoms with Crippen LogP contribution in [0.25, 0.3) is 11.1 Å². The fraction of sp³-hybridized carbons (Fsp3) is 0.379. The van der Waals surface area contributed by atoms with Crippen LogP contribution in [-0.2, 0) is 6.54 Å². The van der Waals surface area contributed by atoms with Gasteiger partial charge in [-0.05, 0) is 55.2 Å². The Labute approximate surface area is 218 Å². The zero-order valence-corrected chi connectivity index (χ0v) is 21.6. The summed E-state index contributed by atoms with van der Waals surface area (Å²) in [6.07, 6.45) is 3.89. The number of nitrogens with one attached hydrogen (secondary N) is 2. The third kappa shape index (κ3) is 6.06. The molecule has 2 fully saturated rings. The average Bonchev–Trinajstić information content (AvgIpc) is 2.91. The predicted molar refractivity (Wildman–Crippen MR) is 147 cm³/mol. The van der Waals surface area contributed by atoms with Crippen LogP contribution in [0.2, 0.25) is 5.02 Å². The molecule has 3 heterocycles. The fourth-order valence-corrected chi connectivity index (χ4v) is 5.20. The monoisotopic (exact) mass is 503 g/mol. The van der Waals surface area contributed by atoms with Gasteiger partial charge in [0.05, 0.1) is 0 Å². The minimum absolute atomic E-state index is 0.0359. The lowest BCUT2D eigenvalue weighted by Gasteiger charge is -2.32. The van der Waals surface area contributed by atoms with Crippen LogP contribution in [0.1, 0.15) is 34.3 Å². The second-order valence-corrected chi connectivity index (χ2v) is 10.3. The molecule has 1 amide bonds. The summed E-state index contributed by atoms with van der Waals surface area (Å²) < 4.78 is 0. The molecular weight excluding hydrogens is 470 g/mol. The highest BCUT2D eigenvalue weighted by Gasteiger charge is 2.22. The number of benzene rings is 2. The normalized spacial score (nSPS) is 17.2. The van der Waals surface area contributed by atoms with E-state index < -0.39 is 0 Å². The Kier molecular flexibility index (Phi) is 7.85. The van der Waals surface area contributed by atoms with Gasteiger partial charge in [0.1, 0.15) is 5.82 Å². The third-order valence-electron chi connectivity index (χ3n) is 7.17. The second-order valence-electron chi connectivity index (χ2n) is 9.85. The maximum atomic E-state index is 13.0. The number of anilines is 1. The van der Waals surface area contributed by atoms with Crippen molar-refractivity contribution in [1.82, 2.24) is 20.5 Å². The molecule has 2 aliphatic heterocycles. The Bertz CT molecular complexity index is 1170. The second kappa shape index (κ2) is 11.4. The largest absolute Gasteiger partial charge is 0.354 e. The summed E-state index contributed by atoms with van der Waals surface area (Å²) in [6.45, 7) is 8.92. The number of hydrogen-bond acceptors (Lipinski definition) is 5. The van der Waals surface area contributed by atoms with Crippen LogP contribution in [0.4, 0.5) is 5.82 Å². The van der Waals surface area contributed by atoms with Crippen molar-refractivity contribution in [2.75, 3.05) is 44.2 Å². The first-order chi connectivity index (χ1) is 17.5. The summed E-state index contributed by atoms with van der Waals surface area (Å²) in [4.78, 5) is 22.5. The number of aryl methyl sites for hydroxylation is 1. The van der Waals surface area contributed by atoms with Gasteiger partial charge in [0.15, 0.2) is 0 Å². The summed E-state index contributed by atoms with van der Waals surface area (Å²) in [6, 6.07) is 18.2. The van der Waals surface area contributed by atoms with Crippen molar-refractivity contribution in [3.63, 3.8) is 0 Å². The van der Waals surface area contributed by atoms with Gasteiger partial charge < -0.3 is 15.5 Å². The number of likely N-dealkylation sites (tertiary alicyclic amines) is 1. The highest BCUT2D eigenvalue weighted by Crippen LogP contribution is 2.29. The van der Waals surface area contributed by atoms with Crippen molar-refractivity contribution in [1.29, 1.82) is 0 Å². The van der Waals surface area contributed by atoms with Crippen molar-refractivity contribution in [2.45, 2.75) is 32.4 Å². The van der Waals surface area contributed by atoms with Crippen molar-refractivity contribution in [2.24, 2.45) is 0 Å². The zero-order chi connectivity index (χ0) is 24.9. The zero-order valence-electron chi connectivity index (χ0n) is 20.8. The minimum Gasteiger partial charge on any atom is -0.354 e. The number of carbonyl (C=O) groups excluding carboxylic acids is 1. The van der Waals surface area contributed by atoms with E-state index in [0.717, 1.165) is 75.6 Å². The van der Waals surface area contributed by atoms with E-state index in [0.29, 0.717) is 10.6 Å². The number of halogens is 1. The first-order valence-corrected chi connectivity index (χ1v) is 13.2. The summed E-state index contributed by atoms with van der Waals surface area (Å²) in [5.74, 6) is 1.03. The van der Waals surface area contributed by atoms with Gasteiger partial charge in [0.25, 0.3) is 5.91 Å². The number of piperazine rings is 1. The Balaban J connectivity index is 1.13. The molecule has 0 aliphatic carbocycles. The average molecular weight is 504 g/mol. The van der Waals surface area contributed by atoms with Crippen LogP contribution in [0.5, 0.6) is 0 Å². The van der Waals surface area contributed by atoms with Gasteiger partial charge in [-0.25, -0.2) is 4.98 Å². The van der Waals surface area contributed by atoms with Gasteiger partial charge in [-0.3, -0.25) is 9.69 Å². The number of aromatic nitrogens is 1. The highest BCUT2D eigenvalue weighted by molar-refractivity contribution is 6.33. The molecule has 3 aromatic rings. The van der Waals surface area contributed by atoms with Crippen LogP contribution in [0.3, 0.4) is 0 Å². The van der Waals surface area contributed by atoms with Gasteiger partial charge in [0.2, 0.25) is 0 Å². The molecule has 0 atom stereocenters. The van der Waals surface area contributed by atoms with Crippen LogP contribution in [-0.4, -0.2) is 61.1 Å². The van der Waals surface area contributed by atoms with E-state index in [9.17, 15) is 4.79 Å². The van der Waals surface area contributed by atoms with Gasteiger partial charge in [-0.2, -0.15) is 0 Å². The standard InChI is InChI=1S/C29H34ClN5O/c1-21-2-5-23(6-3-21)26-18-24(7-8-27(26)30)29(36)33-25-10-14-34(15-11-25)20-22-4-9-28(32-19-22)35-16-12-31-13-17-35/h2-9,18-19,25,31H,10-17,20H2,1H3,(H,33,36). The van der Waals surface area contributed by atoms with Gasteiger partial charge in [-0.15, -0.1) is 0 Å². The van der Waals surface area contributed by atoms with Crippen LogP contribution in [0.15, 0.2) is 60.8 Å². The van der Waals surface area contributed by atoms with Crippen molar-refractivity contribution >= 4 is 23.3 Å². The molecule has 0 radical (unpaired) electrons. The van der Waals surface area contributed by atoms with E-state index >= 15 is 0 Å². The molecule has 188 valence electrons. The molecule has 7 heteroatoms. The SMILES string of the molecule is Cc1ccc(-c2cc(C(=O)NC3CCN(Cc4ccc(N5CCNCC5)nc4)CC3)ccc2Cl)cc1. The lowest BCUT2D eigenvalue weighted by atomic mass is 10.0. The van der Waals surface area contributed by atoms with Crippen molar-refractivity contribution < 1.29 is 4.79 Å². The lowest BCUT2D eigenvalue weighted by Crippen LogP contribution is -2.44. The van der Waals surface area contributed by atoms with E-state index in [1.54, 1.807) is 0 Å². The number of rotatable bonds is 6. The topological polar surface area (TPSA) is 60.5 Å². The Morgan fingerprint density at radius 1 is 1.03 bits per heavy atom. The number of piperidine rings is 1. The van der Waals surface area contributed by atoms with E-state index in [1.807, 2.05) is 36.5 Å². The van der Waals surface area contributed by atoms with Crippen molar-refractivity contribution in [3.8, 4) is 11.1 Å². The first-order valence-electron chi connectivity index (χ1n) is 12.9. The minimum atomic E-state index is -0.0359. The Morgan fingerprint density at radius 2 is 1.78 bits per heavy atom. The molecule has 0 unspecified atom stereocenters. The molecule has 0 spiro atoms. The van der Waals surface area contributed by atoms with E-state index in [2.05, 4.69) is 51.6 Å². The Hall–Kier alpha value is -2.93. The predicted octanol–water partition coefficient (Wildman–Crippen LogP) is 4.51. The molecule has 36 heavy (non-hydrogen) atoms. The number of carbonyl (C=O) groups is 1. The van der Waals surface area contributed by atoms with Gasteiger partial charge in [0, 0.05) is 74.2 Å². The van der Waals surface area contributed by atoms with E-state index in [4.69, 9.17) is 16.6 Å². The van der Waals surface area contributed by atoms with Crippen LogP contribution >= 0.6 is 11.6 Å². The molecular formula is C29H34ClN5O. The number of pyridine rings is 1. The highest BCUT2D eigenvalue weighted by atomic mass is 35.5. The molecule has 0 bridgehead atoms. The quantitative estimate of drug-likeness (QED) is 0.518. The maximum absolute atomic E-state index is 13.0.